The first kappa shape index (κ1) is 29.7. The van der Waals surface area contributed by atoms with Gasteiger partial charge < -0.3 is 0 Å². The van der Waals surface area contributed by atoms with Crippen LogP contribution in [0.2, 0.25) is 0 Å². The van der Waals surface area contributed by atoms with Gasteiger partial charge in [-0.15, -0.1) is 0 Å². The zero-order chi connectivity index (χ0) is 26.9. The Morgan fingerprint density at radius 3 is 1.86 bits per heavy atom. The topological polar surface area (TPSA) is 27.0 Å². The molecule has 1 fully saturated rings. The monoisotopic (exact) mass is 512 g/mol. The molecule has 0 radical (unpaired) electrons. The molecule has 36 heavy (non-hydrogen) atoms. The Balaban J connectivity index is 0.00000145. The van der Waals surface area contributed by atoms with Crippen molar-refractivity contribution in [2.75, 3.05) is 7.05 Å². The predicted molar refractivity (Wildman–Crippen MR) is 129 cm³/mol. The molecule has 2 aromatic carbocycles. The molecule has 1 saturated carbocycles. The highest BCUT2D eigenvalue weighted by molar-refractivity contribution is 5.28. The highest BCUT2D eigenvalue weighted by Gasteiger charge is 2.56. The third kappa shape index (κ3) is 8.55. The molecule has 0 N–H and O–H groups in total. The first-order valence-electron chi connectivity index (χ1n) is 12.2. The van der Waals surface area contributed by atoms with Gasteiger partial charge in [-0.1, -0.05) is 61.0 Å². The highest BCUT2D eigenvalue weighted by atomic mass is 19.4. The lowest BCUT2D eigenvalue weighted by Crippen LogP contribution is -2.42. The standard InChI is InChI=1S/C26H31F6N.C2H3N/c1-18(33(2)17-20-7-4-3-5-8-20)11-12-19-13-15-21(16-14-19)24-22(25(27,28)29)9-6-10-23(24)26(30,31)32;1-2-3/h3-5,7-8,13-16,18,22-24H,6,9-12,17H2,1-2H3;1H3. The van der Waals surface area contributed by atoms with E-state index in [0.717, 1.165) is 18.5 Å². The smallest absolute Gasteiger partial charge is 0.299 e. The van der Waals surface area contributed by atoms with Crippen LogP contribution in [0.1, 0.15) is 62.1 Å². The number of halogens is 6. The minimum absolute atomic E-state index is 0.0582. The van der Waals surface area contributed by atoms with Crippen molar-refractivity contribution in [3.05, 3.63) is 71.3 Å². The van der Waals surface area contributed by atoms with Crippen LogP contribution in [-0.2, 0) is 13.0 Å². The zero-order valence-electron chi connectivity index (χ0n) is 20.9. The summed E-state index contributed by atoms with van der Waals surface area (Å²) in [5.74, 6) is -5.51. The summed E-state index contributed by atoms with van der Waals surface area (Å²) in [5.41, 5.74) is 2.26. The van der Waals surface area contributed by atoms with Crippen molar-refractivity contribution in [2.45, 2.75) is 76.8 Å². The lowest BCUT2D eigenvalue weighted by Gasteiger charge is -2.40. The Morgan fingerprint density at radius 2 is 1.39 bits per heavy atom. The summed E-state index contributed by atoms with van der Waals surface area (Å²) in [5, 5.41) is 7.32. The third-order valence-electron chi connectivity index (χ3n) is 6.98. The Kier molecular flexibility index (Phi) is 10.8. The number of benzene rings is 2. The fourth-order valence-corrected chi connectivity index (χ4v) is 4.93. The summed E-state index contributed by atoms with van der Waals surface area (Å²) in [6.45, 7) is 4.35. The number of nitrogens with zero attached hydrogens (tertiary/aromatic N) is 2. The van der Waals surface area contributed by atoms with Gasteiger partial charge in [-0.25, -0.2) is 0 Å². The molecule has 1 aliphatic carbocycles. The van der Waals surface area contributed by atoms with Crippen LogP contribution in [0.15, 0.2) is 54.6 Å². The number of rotatable bonds is 7. The summed E-state index contributed by atoms with van der Waals surface area (Å²) in [6.07, 6.45) is -8.32. The Bertz CT molecular complexity index is 925. The molecule has 0 aromatic heterocycles. The summed E-state index contributed by atoms with van der Waals surface area (Å²) >= 11 is 0. The van der Waals surface area contributed by atoms with Gasteiger partial charge >= 0.3 is 12.4 Å². The molecule has 0 bridgehead atoms. The van der Waals surface area contributed by atoms with Gasteiger partial charge in [0.05, 0.1) is 17.9 Å². The lowest BCUT2D eigenvalue weighted by molar-refractivity contribution is -0.231. The number of nitriles is 1. The second-order valence-corrected chi connectivity index (χ2v) is 9.51. The fourth-order valence-electron chi connectivity index (χ4n) is 4.93. The van der Waals surface area contributed by atoms with Crippen molar-refractivity contribution in [1.82, 2.24) is 4.90 Å². The first-order valence-corrected chi connectivity index (χ1v) is 12.2. The van der Waals surface area contributed by atoms with E-state index in [4.69, 9.17) is 5.26 Å². The van der Waals surface area contributed by atoms with Crippen LogP contribution in [0.4, 0.5) is 26.3 Å². The number of hydrogen-bond acceptors (Lipinski definition) is 2. The van der Waals surface area contributed by atoms with Crippen molar-refractivity contribution in [3.63, 3.8) is 0 Å². The molecule has 198 valence electrons. The summed E-state index contributed by atoms with van der Waals surface area (Å²) in [4.78, 5) is 2.23. The molecule has 0 amide bonds. The van der Waals surface area contributed by atoms with Crippen LogP contribution < -0.4 is 0 Å². The van der Waals surface area contributed by atoms with Crippen LogP contribution in [-0.4, -0.2) is 30.3 Å². The largest absolute Gasteiger partial charge is 0.392 e. The van der Waals surface area contributed by atoms with Gasteiger partial charge in [-0.05, 0) is 56.3 Å². The van der Waals surface area contributed by atoms with Crippen molar-refractivity contribution in [3.8, 4) is 6.07 Å². The highest BCUT2D eigenvalue weighted by Crippen LogP contribution is 2.53. The molecule has 3 unspecified atom stereocenters. The maximum absolute atomic E-state index is 13.6. The molecule has 0 spiro atoms. The van der Waals surface area contributed by atoms with Crippen LogP contribution >= 0.6 is 0 Å². The molecular formula is C28H34F6N2. The van der Waals surface area contributed by atoms with E-state index < -0.39 is 30.1 Å². The van der Waals surface area contributed by atoms with Crippen LogP contribution in [0.25, 0.3) is 0 Å². The third-order valence-corrected chi connectivity index (χ3v) is 6.98. The molecule has 2 aromatic rings. The molecule has 2 nitrogen and oxygen atoms in total. The lowest BCUT2D eigenvalue weighted by atomic mass is 9.68. The van der Waals surface area contributed by atoms with Crippen LogP contribution in [0.3, 0.4) is 0 Å². The average Bonchev–Trinajstić information content (AvgIpc) is 2.82. The Labute approximate surface area is 209 Å². The van der Waals surface area contributed by atoms with E-state index in [1.165, 1.54) is 24.6 Å². The quantitative estimate of drug-likeness (QED) is 0.349. The molecule has 0 heterocycles. The fraction of sp³-hybridized carbons (Fsp3) is 0.536. The molecule has 3 rings (SSSR count). The maximum Gasteiger partial charge on any atom is 0.392 e. The van der Waals surface area contributed by atoms with E-state index in [9.17, 15) is 26.3 Å². The minimum Gasteiger partial charge on any atom is -0.299 e. The van der Waals surface area contributed by atoms with Gasteiger partial charge in [0, 0.05) is 25.4 Å². The van der Waals surface area contributed by atoms with Crippen LogP contribution in [0, 0.1) is 23.2 Å². The molecule has 0 aliphatic heterocycles. The normalized spacial score (nSPS) is 21.3. The zero-order valence-corrected chi connectivity index (χ0v) is 20.9. The molecule has 0 saturated heterocycles. The van der Waals surface area contributed by atoms with Crippen molar-refractivity contribution >= 4 is 0 Å². The van der Waals surface area contributed by atoms with Crippen molar-refractivity contribution < 1.29 is 26.3 Å². The summed E-state index contributed by atoms with van der Waals surface area (Å²) in [7, 11) is 2.04. The second kappa shape index (κ2) is 13.1. The second-order valence-electron chi connectivity index (χ2n) is 9.51. The Hall–Kier alpha value is -2.53. The van der Waals surface area contributed by atoms with Gasteiger partial charge in [-0.3, -0.25) is 4.90 Å². The van der Waals surface area contributed by atoms with E-state index in [1.807, 2.05) is 25.2 Å². The molecule has 8 heteroatoms. The Morgan fingerprint density at radius 1 is 0.889 bits per heavy atom. The molecule has 1 aliphatic rings. The predicted octanol–water partition coefficient (Wildman–Crippen LogP) is 8.29. The summed E-state index contributed by atoms with van der Waals surface area (Å²) in [6, 6.07) is 18.4. The van der Waals surface area contributed by atoms with Gasteiger partial charge in [0.1, 0.15) is 0 Å². The number of alkyl halides is 6. The number of hydrogen-bond donors (Lipinski definition) is 0. The van der Waals surface area contributed by atoms with E-state index in [2.05, 4.69) is 24.0 Å². The summed E-state index contributed by atoms with van der Waals surface area (Å²) < 4.78 is 81.5. The van der Waals surface area contributed by atoms with Gasteiger partial charge in [0.2, 0.25) is 0 Å². The average molecular weight is 513 g/mol. The maximum atomic E-state index is 13.6. The minimum atomic E-state index is -4.65. The van der Waals surface area contributed by atoms with Gasteiger partial charge in [-0.2, -0.15) is 31.6 Å². The molecular weight excluding hydrogens is 478 g/mol. The SMILES string of the molecule is CC#N.CC(CCc1ccc(C2C(C(F)(F)F)CCCC2C(F)(F)F)cc1)N(C)Cc1ccccc1. The van der Waals surface area contributed by atoms with E-state index >= 15 is 0 Å². The van der Waals surface area contributed by atoms with Crippen LogP contribution in [0.5, 0.6) is 0 Å². The molecule has 3 atom stereocenters. The number of aryl methyl sites for hydroxylation is 1. The van der Waals surface area contributed by atoms with E-state index in [1.54, 1.807) is 18.2 Å². The van der Waals surface area contributed by atoms with Crippen molar-refractivity contribution in [1.29, 1.82) is 5.26 Å². The van der Waals surface area contributed by atoms with E-state index in [0.29, 0.717) is 6.42 Å². The van der Waals surface area contributed by atoms with Gasteiger partial charge in [0.25, 0.3) is 0 Å². The van der Waals surface area contributed by atoms with Crippen molar-refractivity contribution in [2.24, 2.45) is 11.8 Å². The van der Waals surface area contributed by atoms with E-state index in [-0.39, 0.29) is 30.9 Å². The van der Waals surface area contributed by atoms with Gasteiger partial charge in [0.15, 0.2) is 0 Å². The first-order chi connectivity index (χ1) is 16.9.